The Bertz CT molecular complexity index is 383. The van der Waals surface area contributed by atoms with Crippen molar-refractivity contribution in [3.63, 3.8) is 0 Å². The van der Waals surface area contributed by atoms with Crippen molar-refractivity contribution in [3.05, 3.63) is 10.6 Å². The minimum Gasteiger partial charge on any atom is -0.476 e. The first-order valence-electron chi connectivity index (χ1n) is 5.61. The Morgan fingerprint density at radius 2 is 2.25 bits per heavy atom. The van der Waals surface area contributed by atoms with E-state index in [4.69, 9.17) is 5.11 Å². The lowest BCUT2D eigenvalue weighted by atomic mass is 10.1. The van der Waals surface area contributed by atoms with Gasteiger partial charge < -0.3 is 10.4 Å². The lowest BCUT2D eigenvalue weighted by Gasteiger charge is -2.08. The van der Waals surface area contributed by atoms with Gasteiger partial charge in [-0.3, -0.25) is 0 Å². The second-order valence-electron chi connectivity index (χ2n) is 4.26. The van der Waals surface area contributed by atoms with Crippen molar-refractivity contribution in [2.24, 2.45) is 5.92 Å². The maximum Gasteiger partial charge on any atom is 0.355 e. The standard InChI is InChI=1S/C11H16N2O2S/c1-7-9(10(14)15)13-11(16-7)12-6-8-4-2-3-5-8/h8H,2-6H2,1H3,(H,12,13)(H,14,15). The van der Waals surface area contributed by atoms with Gasteiger partial charge in [0.2, 0.25) is 0 Å². The molecule has 0 unspecified atom stereocenters. The minimum absolute atomic E-state index is 0.180. The molecule has 1 aromatic rings. The van der Waals surface area contributed by atoms with E-state index in [1.807, 2.05) is 0 Å². The predicted octanol–water partition coefficient (Wildman–Crippen LogP) is 2.75. The molecule has 0 amide bonds. The number of thiazole rings is 1. The maximum absolute atomic E-state index is 10.8. The summed E-state index contributed by atoms with van der Waals surface area (Å²) < 4.78 is 0. The quantitative estimate of drug-likeness (QED) is 0.849. The van der Waals surface area contributed by atoms with Crippen molar-refractivity contribution >= 4 is 22.4 Å². The number of carboxylic acids is 1. The van der Waals surface area contributed by atoms with Gasteiger partial charge >= 0.3 is 5.97 Å². The van der Waals surface area contributed by atoms with E-state index in [9.17, 15) is 4.79 Å². The molecule has 0 aliphatic heterocycles. The Morgan fingerprint density at radius 1 is 1.56 bits per heavy atom. The Kier molecular flexibility index (Phi) is 3.43. The van der Waals surface area contributed by atoms with Gasteiger partial charge in [-0.1, -0.05) is 12.8 Å². The van der Waals surface area contributed by atoms with Gasteiger partial charge in [-0.2, -0.15) is 0 Å². The highest BCUT2D eigenvalue weighted by atomic mass is 32.1. The van der Waals surface area contributed by atoms with E-state index in [0.29, 0.717) is 0 Å². The third-order valence-electron chi connectivity index (χ3n) is 3.02. The molecule has 0 bridgehead atoms. The number of hydrogen-bond donors (Lipinski definition) is 2. The summed E-state index contributed by atoms with van der Waals surface area (Å²) in [5.41, 5.74) is 0.180. The SMILES string of the molecule is Cc1sc(NCC2CCCC2)nc1C(=O)O. The monoisotopic (exact) mass is 240 g/mol. The molecule has 1 aliphatic rings. The average Bonchev–Trinajstić information content (AvgIpc) is 2.83. The zero-order valence-corrected chi connectivity index (χ0v) is 10.1. The highest BCUT2D eigenvalue weighted by molar-refractivity contribution is 7.15. The minimum atomic E-state index is -0.942. The fraction of sp³-hybridized carbons (Fsp3) is 0.636. The molecule has 5 heteroatoms. The zero-order valence-electron chi connectivity index (χ0n) is 9.32. The highest BCUT2D eigenvalue weighted by Crippen LogP contribution is 2.27. The van der Waals surface area contributed by atoms with Crippen LogP contribution in [-0.4, -0.2) is 22.6 Å². The summed E-state index contributed by atoms with van der Waals surface area (Å²) in [7, 11) is 0. The molecule has 0 radical (unpaired) electrons. The van der Waals surface area contributed by atoms with Crippen LogP contribution in [0.25, 0.3) is 0 Å². The second-order valence-corrected chi connectivity index (χ2v) is 5.46. The number of rotatable bonds is 4. The second kappa shape index (κ2) is 4.82. The largest absolute Gasteiger partial charge is 0.476 e. The van der Waals surface area contributed by atoms with Crippen LogP contribution in [0.3, 0.4) is 0 Å². The van der Waals surface area contributed by atoms with Crippen LogP contribution in [0, 0.1) is 12.8 Å². The highest BCUT2D eigenvalue weighted by Gasteiger charge is 2.17. The van der Waals surface area contributed by atoms with Gasteiger partial charge in [0.15, 0.2) is 10.8 Å². The van der Waals surface area contributed by atoms with Crippen molar-refractivity contribution in [2.45, 2.75) is 32.6 Å². The molecule has 0 aromatic carbocycles. The van der Waals surface area contributed by atoms with Gasteiger partial charge in [0.1, 0.15) is 0 Å². The third-order valence-corrected chi connectivity index (χ3v) is 3.94. The smallest absolute Gasteiger partial charge is 0.355 e. The maximum atomic E-state index is 10.8. The summed E-state index contributed by atoms with van der Waals surface area (Å²) in [6, 6.07) is 0. The third kappa shape index (κ3) is 2.52. The summed E-state index contributed by atoms with van der Waals surface area (Å²) in [4.78, 5) is 15.7. The lowest BCUT2D eigenvalue weighted by Crippen LogP contribution is -2.10. The number of aromatic nitrogens is 1. The van der Waals surface area contributed by atoms with Gasteiger partial charge in [0.05, 0.1) is 0 Å². The van der Waals surface area contributed by atoms with Gasteiger partial charge in [-0.25, -0.2) is 9.78 Å². The van der Waals surface area contributed by atoms with E-state index < -0.39 is 5.97 Å². The number of aryl methyl sites for hydroxylation is 1. The zero-order chi connectivity index (χ0) is 11.5. The summed E-state index contributed by atoms with van der Waals surface area (Å²) in [6.07, 6.45) is 5.21. The van der Waals surface area contributed by atoms with Crippen LogP contribution < -0.4 is 5.32 Å². The Balaban J connectivity index is 1.94. The van der Waals surface area contributed by atoms with Crippen molar-refractivity contribution < 1.29 is 9.90 Å². The molecule has 0 spiro atoms. The van der Waals surface area contributed by atoms with Crippen LogP contribution in [0.2, 0.25) is 0 Å². The normalized spacial score (nSPS) is 16.6. The Hall–Kier alpha value is -1.10. The molecular formula is C11H16N2O2S. The number of anilines is 1. The number of nitrogens with zero attached hydrogens (tertiary/aromatic N) is 1. The van der Waals surface area contributed by atoms with Gasteiger partial charge in [-0.15, -0.1) is 11.3 Å². The molecule has 4 nitrogen and oxygen atoms in total. The molecule has 2 rings (SSSR count). The molecule has 1 heterocycles. The number of hydrogen-bond acceptors (Lipinski definition) is 4. The van der Waals surface area contributed by atoms with Gasteiger partial charge in [0.25, 0.3) is 0 Å². The van der Waals surface area contributed by atoms with Crippen LogP contribution in [-0.2, 0) is 0 Å². The van der Waals surface area contributed by atoms with Gasteiger partial charge in [0, 0.05) is 11.4 Å². The van der Waals surface area contributed by atoms with E-state index >= 15 is 0 Å². The number of aromatic carboxylic acids is 1. The predicted molar refractivity (Wildman–Crippen MR) is 64.3 cm³/mol. The number of nitrogens with one attached hydrogen (secondary N) is 1. The van der Waals surface area contributed by atoms with E-state index in [-0.39, 0.29) is 5.69 Å². The number of carboxylic acid groups (broad SMARTS) is 1. The Labute approximate surface area is 98.7 Å². The molecule has 2 N–H and O–H groups in total. The van der Waals surface area contributed by atoms with E-state index in [1.165, 1.54) is 37.0 Å². The van der Waals surface area contributed by atoms with Crippen LogP contribution in [0.5, 0.6) is 0 Å². The summed E-state index contributed by atoms with van der Waals surface area (Å²) in [5, 5.41) is 12.9. The molecular weight excluding hydrogens is 224 g/mol. The van der Waals surface area contributed by atoms with Crippen LogP contribution in [0.15, 0.2) is 0 Å². The fourth-order valence-corrected chi connectivity index (χ4v) is 2.93. The van der Waals surface area contributed by atoms with Crippen molar-refractivity contribution in [1.82, 2.24) is 4.98 Å². The van der Waals surface area contributed by atoms with E-state index in [1.54, 1.807) is 6.92 Å². The average molecular weight is 240 g/mol. The molecule has 1 aliphatic carbocycles. The molecule has 88 valence electrons. The molecule has 0 atom stereocenters. The van der Waals surface area contributed by atoms with Gasteiger partial charge in [-0.05, 0) is 25.7 Å². The van der Waals surface area contributed by atoms with E-state index in [2.05, 4.69) is 10.3 Å². The molecule has 0 saturated heterocycles. The van der Waals surface area contributed by atoms with Crippen LogP contribution in [0.1, 0.15) is 41.0 Å². The van der Waals surface area contributed by atoms with Crippen molar-refractivity contribution in [3.8, 4) is 0 Å². The number of carbonyl (C=O) groups is 1. The first-order chi connectivity index (χ1) is 7.66. The molecule has 16 heavy (non-hydrogen) atoms. The Morgan fingerprint density at radius 3 is 2.81 bits per heavy atom. The lowest BCUT2D eigenvalue weighted by molar-refractivity contribution is 0.0690. The molecule has 1 fully saturated rings. The first-order valence-corrected chi connectivity index (χ1v) is 6.43. The van der Waals surface area contributed by atoms with Crippen LogP contribution >= 0.6 is 11.3 Å². The topological polar surface area (TPSA) is 62.2 Å². The molecule has 1 saturated carbocycles. The summed E-state index contributed by atoms with van der Waals surface area (Å²) in [6.45, 7) is 2.72. The first kappa shape index (κ1) is 11.4. The van der Waals surface area contributed by atoms with Crippen molar-refractivity contribution in [2.75, 3.05) is 11.9 Å². The molecule has 1 aromatic heterocycles. The van der Waals surface area contributed by atoms with Crippen LogP contribution in [0.4, 0.5) is 5.13 Å². The summed E-state index contributed by atoms with van der Waals surface area (Å²) in [5.74, 6) is -0.208. The fourth-order valence-electron chi connectivity index (χ4n) is 2.12. The van der Waals surface area contributed by atoms with Crippen molar-refractivity contribution in [1.29, 1.82) is 0 Å². The van der Waals surface area contributed by atoms with E-state index in [0.717, 1.165) is 22.5 Å². The summed E-state index contributed by atoms with van der Waals surface area (Å²) >= 11 is 1.42.